The lowest BCUT2D eigenvalue weighted by molar-refractivity contribution is 0.190. The van der Waals surface area contributed by atoms with E-state index in [4.69, 9.17) is 4.74 Å². The molecule has 1 N–H and O–H groups in total. The second-order valence-electron chi connectivity index (χ2n) is 4.22. The van der Waals surface area contributed by atoms with E-state index in [1.807, 2.05) is 38.4 Å². The van der Waals surface area contributed by atoms with Gasteiger partial charge < -0.3 is 14.7 Å². The maximum absolute atomic E-state index is 9.56. The van der Waals surface area contributed by atoms with Crippen LogP contribution in [0.3, 0.4) is 0 Å². The zero-order valence-corrected chi connectivity index (χ0v) is 10.3. The predicted molar refractivity (Wildman–Crippen MR) is 65.7 cm³/mol. The van der Waals surface area contributed by atoms with E-state index in [0.29, 0.717) is 6.61 Å². The minimum atomic E-state index is -0.481. The molecule has 1 aromatic rings. The van der Waals surface area contributed by atoms with Crippen LogP contribution >= 0.6 is 0 Å². The number of aliphatic hydroxyl groups is 1. The second kappa shape index (κ2) is 6.51. The molecule has 90 valence electrons. The molecule has 0 aliphatic rings. The summed E-state index contributed by atoms with van der Waals surface area (Å²) in [4.78, 5) is 2.13. The molecule has 0 bridgehead atoms. The van der Waals surface area contributed by atoms with Gasteiger partial charge in [0.05, 0.1) is 12.7 Å². The Balaban J connectivity index is 2.47. The fourth-order valence-corrected chi connectivity index (χ4v) is 1.52. The van der Waals surface area contributed by atoms with Crippen molar-refractivity contribution < 1.29 is 9.84 Å². The van der Waals surface area contributed by atoms with Gasteiger partial charge in [-0.3, -0.25) is 0 Å². The lowest BCUT2D eigenvalue weighted by Crippen LogP contribution is -2.15. The molecule has 0 heterocycles. The summed E-state index contributed by atoms with van der Waals surface area (Å²) in [5, 5.41) is 9.56. The van der Waals surface area contributed by atoms with E-state index < -0.39 is 6.10 Å². The molecule has 0 saturated carbocycles. The molecule has 1 atom stereocenters. The van der Waals surface area contributed by atoms with E-state index in [0.717, 1.165) is 24.3 Å². The molecule has 0 radical (unpaired) electrons. The summed E-state index contributed by atoms with van der Waals surface area (Å²) < 4.78 is 5.66. The molecule has 3 heteroatoms. The lowest BCUT2D eigenvalue weighted by Gasteiger charge is -2.14. The highest BCUT2D eigenvalue weighted by atomic mass is 16.5. The van der Waals surface area contributed by atoms with Crippen LogP contribution in [0.2, 0.25) is 0 Å². The fourth-order valence-electron chi connectivity index (χ4n) is 1.52. The number of para-hydroxylation sites is 1. The van der Waals surface area contributed by atoms with Crippen molar-refractivity contribution in [1.82, 2.24) is 4.90 Å². The SMILES string of the molecule is CC(O)c1ccccc1OCCCN(C)C. The minimum Gasteiger partial charge on any atom is -0.493 e. The highest BCUT2D eigenvalue weighted by Gasteiger charge is 2.07. The summed E-state index contributed by atoms with van der Waals surface area (Å²) in [6, 6.07) is 7.63. The normalized spacial score (nSPS) is 12.8. The summed E-state index contributed by atoms with van der Waals surface area (Å²) in [6.07, 6.45) is 0.506. The Hall–Kier alpha value is -1.06. The van der Waals surface area contributed by atoms with Gasteiger partial charge in [0.1, 0.15) is 5.75 Å². The van der Waals surface area contributed by atoms with E-state index in [9.17, 15) is 5.11 Å². The molecular formula is C13H21NO2. The van der Waals surface area contributed by atoms with Crippen LogP contribution in [0.25, 0.3) is 0 Å². The van der Waals surface area contributed by atoms with Crippen molar-refractivity contribution >= 4 is 0 Å². The first-order valence-corrected chi connectivity index (χ1v) is 5.66. The van der Waals surface area contributed by atoms with Gasteiger partial charge in [-0.25, -0.2) is 0 Å². The Morgan fingerprint density at radius 2 is 2.00 bits per heavy atom. The first kappa shape index (κ1) is 13.0. The summed E-state index contributed by atoms with van der Waals surface area (Å²) in [5.41, 5.74) is 0.854. The van der Waals surface area contributed by atoms with Gasteiger partial charge in [0, 0.05) is 12.1 Å². The van der Waals surface area contributed by atoms with Gasteiger partial charge in [0.2, 0.25) is 0 Å². The van der Waals surface area contributed by atoms with Crippen LogP contribution < -0.4 is 4.74 Å². The Labute approximate surface area is 97.7 Å². The van der Waals surface area contributed by atoms with Crippen molar-refractivity contribution in [2.24, 2.45) is 0 Å². The maximum Gasteiger partial charge on any atom is 0.125 e. The monoisotopic (exact) mass is 223 g/mol. The number of aliphatic hydroxyl groups excluding tert-OH is 1. The first-order chi connectivity index (χ1) is 7.61. The van der Waals surface area contributed by atoms with E-state index in [1.165, 1.54) is 0 Å². The van der Waals surface area contributed by atoms with Gasteiger partial charge in [-0.15, -0.1) is 0 Å². The number of hydrogen-bond acceptors (Lipinski definition) is 3. The molecule has 1 unspecified atom stereocenters. The Kier molecular flexibility index (Phi) is 5.29. The van der Waals surface area contributed by atoms with Crippen LogP contribution in [0.5, 0.6) is 5.75 Å². The van der Waals surface area contributed by atoms with Crippen LogP contribution in [-0.4, -0.2) is 37.3 Å². The second-order valence-corrected chi connectivity index (χ2v) is 4.22. The molecule has 16 heavy (non-hydrogen) atoms. The first-order valence-electron chi connectivity index (χ1n) is 5.66. The molecule has 0 aliphatic heterocycles. The third kappa shape index (κ3) is 4.21. The Morgan fingerprint density at radius 3 is 2.62 bits per heavy atom. The van der Waals surface area contributed by atoms with Crippen molar-refractivity contribution in [1.29, 1.82) is 0 Å². The Morgan fingerprint density at radius 1 is 1.31 bits per heavy atom. The van der Waals surface area contributed by atoms with Gasteiger partial charge in [-0.2, -0.15) is 0 Å². The highest BCUT2D eigenvalue weighted by molar-refractivity contribution is 5.34. The Bertz CT molecular complexity index is 311. The van der Waals surface area contributed by atoms with Crippen LogP contribution in [0.1, 0.15) is 25.0 Å². The predicted octanol–water partition coefficient (Wildman–Crippen LogP) is 2.07. The third-order valence-corrected chi connectivity index (χ3v) is 2.38. The molecule has 1 aromatic carbocycles. The topological polar surface area (TPSA) is 32.7 Å². The van der Waals surface area contributed by atoms with E-state index >= 15 is 0 Å². The summed E-state index contributed by atoms with van der Waals surface area (Å²) >= 11 is 0. The maximum atomic E-state index is 9.56. The molecule has 1 rings (SSSR count). The van der Waals surface area contributed by atoms with Crippen LogP contribution in [-0.2, 0) is 0 Å². The molecule has 0 aromatic heterocycles. The van der Waals surface area contributed by atoms with Gasteiger partial charge in [0.25, 0.3) is 0 Å². The summed E-state index contributed by atoms with van der Waals surface area (Å²) in [6.45, 7) is 3.45. The van der Waals surface area contributed by atoms with Crippen molar-refractivity contribution in [2.45, 2.75) is 19.4 Å². The smallest absolute Gasteiger partial charge is 0.125 e. The third-order valence-electron chi connectivity index (χ3n) is 2.38. The lowest BCUT2D eigenvalue weighted by atomic mass is 10.1. The fraction of sp³-hybridized carbons (Fsp3) is 0.538. The number of hydrogen-bond donors (Lipinski definition) is 1. The van der Waals surface area contributed by atoms with Crippen molar-refractivity contribution in [3.05, 3.63) is 29.8 Å². The molecule has 0 amide bonds. The highest BCUT2D eigenvalue weighted by Crippen LogP contribution is 2.24. The number of benzene rings is 1. The van der Waals surface area contributed by atoms with Gasteiger partial charge in [-0.05, 0) is 33.5 Å². The quantitative estimate of drug-likeness (QED) is 0.749. The molecular weight excluding hydrogens is 202 g/mol. The van der Waals surface area contributed by atoms with E-state index in [-0.39, 0.29) is 0 Å². The molecule has 3 nitrogen and oxygen atoms in total. The number of ether oxygens (including phenoxy) is 1. The van der Waals surface area contributed by atoms with Crippen molar-refractivity contribution in [3.8, 4) is 5.75 Å². The van der Waals surface area contributed by atoms with Crippen molar-refractivity contribution in [2.75, 3.05) is 27.2 Å². The van der Waals surface area contributed by atoms with Crippen LogP contribution in [0.15, 0.2) is 24.3 Å². The van der Waals surface area contributed by atoms with Gasteiger partial charge in [-0.1, -0.05) is 18.2 Å². The molecule has 0 aliphatic carbocycles. The standard InChI is InChI=1S/C13H21NO2/c1-11(15)12-7-4-5-8-13(12)16-10-6-9-14(2)3/h4-5,7-8,11,15H,6,9-10H2,1-3H3. The molecule has 0 fully saturated rings. The average molecular weight is 223 g/mol. The minimum absolute atomic E-state index is 0.481. The molecule has 0 spiro atoms. The molecule has 0 saturated heterocycles. The van der Waals surface area contributed by atoms with Gasteiger partial charge in [0.15, 0.2) is 0 Å². The number of rotatable bonds is 6. The number of nitrogens with zero attached hydrogens (tertiary/aromatic N) is 1. The van der Waals surface area contributed by atoms with Gasteiger partial charge >= 0.3 is 0 Å². The largest absolute Gasteiger partial charge is 0.493 e. The zero-order chi connectivity index (χ0) is 12.0. The zero-order valence-electron chi connectivity index (χ0n) is 10.3. The summed E-state index contributed by atoms with van der Waals surface area (Å²) in [5.74, 6) is 0.788. The van der Waals surface area contributed by atoms with Crippen molar-refractivity contribution in [3.63, 3.8) is 0 Å². The van der Waals surface area contributed by atoms with Crippen LogP contribution in [0.4, 0.5) is 0 Å². The average Bonchev–Trinajstić information content (AvgIpc) is 2.24. The van der Waals surface area contributed by atoms with E-state index in [2.05, 4.69) is 4.90 Å². The van der Waals surface area contributed by atoms with E-state index in [1.54, 1.807) is 6.92 Å². The summed E-state index contributed by atoms with van der Waals surface area (Å²) in [7, 11) is 4.09. The van der Waals surface area contributed by atoms with Crippen LogP contribution in [0, 0.1) is 0 Å².